The van der Waals surface area contributed by atoms with Crippen molar-refractivity contribution in [3.05, 3.63) is 35.7 Å². The first-order chi connectivity index (χ1) is 21.6. The number of benzene rings is 1. The Balaban J connectivity index is 1.46. The minimum atomic E-state index is -3.77. The lowest BCUT2D eigenvalue weighted by Gasteiger charge is -2.22. The van der Waals surface area contributed by atoms with Crippen LogP contribution in [0.4, 0.5) is 11.5 Å². The van der Waals surface area contributed by atoms with E-state index in [0.29, 0.717) is 55.4 Å². The molecule has 0 bridgehead atoms. The van der Waals surface area contributed by atoms with Gasteiger partial charge in [0, 0.05) is 28.9 Å². The van der Waals surface area contributed by atoms with Crippen molar-refractivity contribution in [1.29, 1.82) is 0 Å². The van der Waals surface area contributed by atoms with Gasteiger partial charge in [0.15, 0.2) is 15.7 Å². The Labute approximate surface area is 271 Å². The number of hydrogen-bond donors (Lipinski definition) is 2. The van der Waals surface area contributed by atoms with Crippen LogP contribution in [-0.4, -0.2) is 99.4 Å². The van der Waals surface area contributed by atoms with Crippen LogP contribution in [0.25, 0.3) is 10.9 Å². The number of sulfone groups is 1. The molecule has 46 heavy (non-hydrogen) atoms. The Morgan fingerprint density at radius 1 is 0.870 bits per heavy atom. The summed E-state index contributed by atoms with van der Waals surface area (Å²) in [6.45, 7) is 16.5. The third kappa shape index (κ3) is 10.9. The molecule has 0 fully saturated rings. The molecule has 0 amide bonds. The maximum absolute atomic E-state index is 13.6. The highest BCUT2D eigenvalue weighted by Gasteiger charge is 2.34. The van der Waals surface area contributed by atoms with Gasteiger partial charge in [-0.05, 0) is 67.5 Å². The second-order valence-electron chi connectivity index (χ2n) is 12.6. The number of anilines is 2. The molecule has 0 spiro atoms. The first-order valence-electron chi connectivity index (χ1n) is 15.2. The summed E-state index contributed by atoms with van der Waals surface area (Å²) < 4.78 is 59.1. The van der Waals surface area contributed by atoms with Crippen LogP contribution in [0.5, 0.6) is 5.75 Å². The van der Waals surface area contributed by atoms with E-state index in [9.17, 15) is 13.2 Å². The number of ether oxygens (including phenoxy) is 6. The van der Waals surface area contributed by atoms with E-state index in [1.807, 2.05) is 13.8 Å². The van der Waals surface area contributed by atoms with Gasteiger partial charge in [-0.25, -0.2) is 13.2 Å². The smallest absolute Gasteiger partial charge is 0.332 e. The highest BCUT2D eigenvalue weighted by Crippen LogP contribution is 2.37. The van der Waals surface area contributed by atoms with Gasteiger partial charge < -0.3 is 33.7 Å². The van der Waals surface area contributed by atoms with Crippen LogP contribution in [0, 0.1) is 13.8 Å². The van der Waals surface area contributed by atoms with Crippen LogP contribution in [0.1, 0.15) is 52.8 Å². The maximum atomic E-state index is 13.6. The predicted octanol–water partition coefficient (Wildman–Crippen LogP) is 4.68. The van der Waals surface area contributed by atoms with E-state index in [-0.39, 0.29) is 37.1 Å². The molecule has 0 saturated heterocycles. The Hall–Kier alpha value is -3.30. The standard InChI is InChI=1S/C32H48N4O9S/c1-22-23(2)35-36-30(22)34-25-9-10-33-26-20-27(28(19-24(25)26)46(38,39)32(6,7)8)44-18-17-42-14-13-40-11-12-41-15-16-43-21-29(37)45-31(3,4)5/h9-10,19-20H,11-18,21H2,1-8H3,(H2,33,34,35,36). The lowest BCUT2D eigenvalue weighted by molar-refractivity contribution is -0.160. The molecule has 0 saturated carbocycles. The second kappa shape index (κ2) is 16.5. The zero-order chi connectivity index (χ0) is 34.0. The molecule has 3 rings (SSSR count). The minimum absolute atomic E-state index is 0.0806. The number of pyridine rings is 1. The minimum Gasteiger partial charge on any atom is -0.490 e. The van der Waals surface area contributed by atoms with Crippen LogP contribution >= 0.6 is 0 Å². The van der Waals surface area contributed by atoms with Gasteiger partial charge in [0.1, 0.15) is 29.5 Å². The molecule has 2 heterocycles. The molecule has 13 nitrogen and oxygen atoms in total. The number of aromatic nitrogens is 3. The number of aromatic amines is 1. The molecule has 1 aromatic carbocycles. The van der Waals surface area contributed by atoms with Gasteiger partial charge in [0.2, 0.25) is 0 Å². The molecule has 0 unspecified atom stereocenters. The molecule has 0 aliphatic rings. The highest BCUT2D eigenvalue weighted by atomic mass is 32.2. The number of rotatable bonds is 18. The SMILES string of the molecule is Cc1[nH]nc(Nc2ccnc3cc(OCCOCCOCCOCCOCC(=O)OC(C)(C)C)c(S(=O)(=O)C(C)(C)C)cc23)c1C. The third-order valence-electron chi connectivity index (χ3n) is 6.65. The molecule has 14 heteroatoms. The zero-order valence-corrected chi connectivity index (χ0v) is 29.0. The summed E-state index contributed by atoms with van der Waals surface area (Å²) in [5, 5.41) is 11.2. The summed E-state index contributed by atoms with van der Waals surface area (Å²) in [4.78, 5) is 16.1. The Kier molecular flexibility index (Phi) is 13.3. The highest BCUT2D eigenvalue weighted by molar-refractivity contribution is 7.92. The van der Waals surface area contributed by atoms with Crippen molar-refractivity contribution >= 4 is 38.2 Å². The average Bonchev–Trinajstić information content (AvgIpc) is 3.27. The van der Waals surface area contributed by atoms with E-state index in [4.69, 9.17) is 28.4 Å². The summed E-state index contributed by atoms with van der Waals surface area (Å²) in [7, 11) is -3.77. The second-order valence-corrected chi connectivity index (χ2v) is 15.2. The number of fused-ring (bicyclic) bond motifs is 1. The number of nitrogens with one attached hydrogen (secondary N) is 2. The average molecular weight is 665 g/mol. The van der Waals surface area contributed by atoms with E-state index in [0.717, 1.165) is 11.3 Å². The van der Waals surface area contributed by atoms with Gasteiger partial charge >= 0.3 is 5.97 Å². The van der Waals surface area contributed by atoms with Crippen molar-refractivity contribution in [2.75, 3.05) is 64.8 Å². The van der Waals surface area contributed by atoms with Crippen LogP contribution in [-0.2, 0) is 38.3 Å². The molecular formula is C32H48N4O9S. The quantitative estimate of drug-likeness (QED) is 0.143. The molecule has 2 N–H and O–H groups in total. The summed E-state index contributed by atoms with van der Waals surface area (Å²) in [6, 6.07) is 5.04. The zero-order valence-electron chi connectivity index (χ0n) is 28.2. The number of nitrogens with zero attached hydrogens (tertiary/aromatic N) is 2. The summed E-state index contributed by atoms with van der Waals surface area (Å²) >= 11 is 0. The van der Waals surface area contributed by atoms with Crippen molar-refractivity contribution in [3.63, 3.8) is 0 Å². The summed E-state index contributed by atoms with van der Waals surface area (Å²) in [5.74, 6) is 0.455. The lowest BCUT2D eigenvalue weighted by Crippen LogP contribution is -2.28. The van der Waals surface area contributed by atoms with Crippen LogP contribution in [0.3, 0.4) is 0 Å². The molecular weight excluding hydrogens is 616 g/mol. The van der Waals surface area contributed by atoms with E-state index in [1.54, 1.807) is 65.9 Å². The number of aryl methyl sites for hydroxylation is 1. The Morgan fingerprint density at radius 3 is 2.00 bits per heavy atom. The van der Waals surface area contributed by atoms with Crippen LogP contribution < -0.4 is 10.1 Å². The van der Waals surface area contributed by atoms with Gasteiger partial charge in [0.25, 0.3) is 0 Å². The van der Waals surface area contributed by atoms with Crippen molar-refractivity contribution in [3.8, 4) is 5.75 Å². The van der Waals surface area contributed by atoms with Gasteiger partial charge in [0.05, 0.1) is 62.2 Å². The molecule has 0 atom stereocenters. The lowest BCUT2D eigenvalue weighted by atomic mass is 10.1. The summed E-state index contributed by atoms with van der Waals surface area (Å²) in [6.07, 6.45) is 1.65. The maximum Gasteiger partial charge on any atom is 0.332 e. The molecule has 2 aromatic heterocycles. The Bertz CT molecular complexity index is 1540. The van der Waals surface area contributed by atoms with Crippen molar-refractivity contribution in [2.24, 2.45) is 0 Å². The van der Waals surface area contributed by atoms with Gasteiger partial charge in [-0.2, -0.15) is 5.10 Å². The first-order valence-corrected chi connectivity index (χ1v) is 16.7. The number of H-pyrrole nitrogens is 1. The number of hydrogen-bond acceptors (Lipinski definition) is 12. The normalized spacial score (nSPS) is 12.4. The number of carbonyl (C=O) groups is 1. The van der Waals surface area contributed by atoms with Crippen molar-refractivity contribution < 1.29 is 41.6 Å². The fourth-order valence-corrected chi connectivity index (χ4v) is 5.36. The molecule has 0 radical (unpaired) electrons. The van der Waals surface area contributed by atoms with Crippen LogP contribution in [0.15, 0.2) is 29.3 Å². The molecule has 256 valence electrons. The third-order valence-corrected chi connectivity index (χ3v) is 9.16. The number of esters is 1. The van der Waals surface area contributed by atoms with Crippen LogP contribution in [0.2, 0.25) is 0 Å². The molecule has 0 aliphatic heterocycles. The topological polar surface area (TPSA) is 160 Å². The van der Waals surface area contributed by atoms with E-state index in [2.05, 4.69) is 20.5 Å². The molecule has 3 aromatic rings. The van der Waals surface area contributed by atoms with Gasteiger partial charge in [-0.15, -0.1) is 0 Å². The van der Waals surface area contributed by atoms with Crippen molar-refractivity contribution in [1.82, 2.24) is 15.2 Å². The Morgan fingerprint density at radius 2 is 1.46 bits per heavy atom. The molecule has 0 aliphatic carbocycles. The fraction of sp³-hybridized carbons (Fsp3) is 0.594. The van der Waals surface area contributed by atoms with Crippen molar-refractivity contribution in [2.45, 2.75) is 70.6 Å². The fourth-order valence-electron chi connectivity index (χ4n) is 4.05. The van der Waals surface area contributed by atoms with E-state index < -0.39 is 26.2 Å². The summed E-state index contributed by atoms with van der Waals surface area (Å²) in [5.41, 5.74) is 2.61. The van der Waals surface area contributed by atoms with Gasteiger partial charge in [-0.1, -0.05) is 0 Å². The van der Waals surface area contributed by atoms with E-state index in [1.165, 1.54) is 0 Å². The first kappa shape index (κ1) is 37.2. The predicted molar refractivity (Wildman–Crippen MR) is 175 cm³/mol. The largest absolute Gasteiger partial charge is 0.490 e. The number of carbonyl (C=O) groups excluding carboxylic acids is 1. The van der Waals surface area contributed by atoms with Gasteiger partial charge in [-0.3, -0.25) is 10.1 Å². The monoisotopic (exact) mass is 664 g/mol. The van der Waals surface area contributed by atoms with E-state index >= 15 is 0 Å².